The van der Waals surface area contributed by atoms with Gasteiger partial charge in [0, 0.05) is 6.04 Å². The SMILES string of the molecule is C[C@H](NC(=O)[C@@H]1CC=CC[C@@H]1C(=O)O)[C@H]1C[C@@H]2CC[C@@H]1C2. The molecule has 116 valence electrons. The number of carbonyl (C=O) groups is 2. The smallest absolute Gasteiger partial charge is 0.307 e. The van der Waals surface area contributed by atoms with Crippen molar-refractivity contribution in [1.29, 1.82) is 0 Å². The first-order valence-corrected chi connectivity index (χ1v) is 8.24. The van der Waals surface area contributed by atoms with Gasteiger partial charge in [-0.1, -0.05) is 18.6 Å². The third kappa shape index (κ3) is 2.85. The van der Waals surface area contributed by atoms with Crippen LogP contribution >= 0.6 is 0 Å². The molecule has 0 saturated heterocycles. The molecule has 4 heteroatoms. The van der Waals surface area contributed by atoms with Gasteiger partial charge in [-0.15, -0.1) is 0 Å². The van der Waals surface area contributed by atoms with E-state index in [1.165, 1.54) is 25.7 Å². The summed E-state index contributed by atoms with van der Waals surface area (Å²) in [5, 5.41) is 12.4. The summed E-state index contributed by atoms with van der Waals surface area (Å²) in [5.41, 5.74) is 0. The summed E-state index contributed by atoms with van der Waals surface area (Å²) in [5.74, 6) is 0.329. The maximum Gasteiger partial charge on any atom is 0.307 e. The normalized spacial score (nSPS) is 39.2. The summed E-state index contributed by atoms with van der Waals surface area (Å²) >= 11 is 0. The van der Waals surface area contributed by atoms with Gasteiger partial charge in [-0.25, -0.2) is 0 Å². The zero-order valence-corrected chi connectivity index (χ0v) is 12.6. The minimum Gasteiger partial charge on any atom is -0.481 e. The number of carboxylic acids is 1. The molecule has 4 nitrogen and oxygen atoms in total. The number of hydrogen-bond donors (Lipinski definition) is 2. The molecule has 3 rings (SSSR count). The van der Waals surface area contributed by atoms with Crippen LogP contribution < -0.4 is 5.32 Å². The second kappa shape index (κ2) is 5.82. The maximum atomic E-state index is 12.5. The van der Waals surface area contributed by atoms with E-state index in [1.54, 1.807) is 0 Å². The number of nitrogens with one attached hydrogen (secondary N) is 1. The molecule has 0 aromatic rings. The highest BCUT2D eigenvalue weighted by molar-refractivity contribution is 5.85. The van der Waals surface area contributed by atoms with Crippen LogP contribution in [0.5, 0.6) is 0 Å². The van der Waals surface area contributed by atoms with E-state index in [0.717, 1.165) is 11.8 Å². The van der Waals surface area contributed by atoms with Crippen LogP contribution in [0.3, 0.4) is 0 Å². The molecule has 3 aliphatic rings. The number of aliphatic carboxylic acids is 1. The van der Waals surface area contributed by atoms with Gasteiger partial charge >= 0.3 is 5.97 Å². The lowest BCUT2D eigenvalue weighted by molar-refractivity contribution is -0.147. The molecule has 6 atom stereocenters. The van der Waals surface area contributed by atoms with E-state index in [4.69, 9.17) is 0 Å². The summed E-state index contributed by atoms with van der Waals surface area (Å²) in [6.07, 6.45) is 10.1. The quantitative estimate of drug-likeness (QED) is 0.782. The molecule has 2 bridgehead atoms. The fourth-order valence-corrected chi connectivity index (χ4v) is 4.72. The highest BCUT2D eigenvalue weighted by atomic mass is 16.4. The van der Waals surface area contributed by atoms with Crippen LogP contribution in [0, 0.1) is 29.6 Å². The number of fused-ring (bicyclic) bond motifs is 2. The van der Waals surface area contributed by atoms with E-state index in [1.807, 2.05) is 12.2 Å². The first-order valence-electron chi connectivity index (χ1n) is 8.24. The number of amides is 1. The molecule has 21 heavy (non-hydrogen) atoms. The van der Waals surface area contributed by atoms with Gasteiger partial charge in [0.25, 0.3) is 0 Å². The number of rotatable bonds is 4. The number of hydrogen-bond acceptors (Lipinski definition) is 2. The van der Waals surface area contributed by atoms with E-state index < -0.39 is 17.8 Å². The largest absolute Gasteiger partial charge is 0.481 e. The van der Waals surface area contributed by atoms with Gasteiger partial charge in [-0.05, 0) is 56.8 Å². The Morgan fingerprint density at radius 2 is 1.86 bits per heavy atom. The standard InChI is InChI=1S/C17H25NO3/c1-10(15-9-11-6-7-12(15)8-11)18-16(19)13-4-2-3-5-14(13)17(20)21/h2-3,10-15H,4-9H2,1H3,(H,18,19)(H,20,21)/t10-,11+,12+,13+,14-,15+/m0/s1. The molecule has 0 aromatic heterocycles. The topological polar surface area (TPSA) is 66.4 Å². The molecule has 0 aliphatic heterocycles. The Bertz CT molecular complexity index is 459. The first kappa shape index (κ1) is 14.6. The van der Waals surface area contributed by atoms with Crippen molar-refractivity contribution in [3.05, 3.63) is 12.2 Å². The first-order chi connectivity index (χ1) is 10.1. The summed E-state index contributed by atoms with van der Waals surface area (Å²) in [7, 11) is 0. The van der Waals surface area contributed by atoms with E-state index in [2.05, 4.69) is 12.2 Å². The Balaban J connectivity index is 1.60. The average Bonchev–Trinajstić information content (AvgIpc) is 3.09. The Hall–Kier alpha value is -1.32. The third-order valence-corrected chi connectivity index (χ3v) is 5.89. The van der Waals surface area contributed by atoms with Crippen molar-refractivity contribution in [3.8, 4) is 0 Å². The van der Waals surface area contributed by atoms with Crippen molar-refractivity contribution in [2.24, 2.45) is 29.6 Å². The van der Waals surface area contributed by atoms with Crippen molar-refractivity contribution in [2.75, 3.05) is 0 Å². The van der Waals surface area contributed by atoms with Crippen molar-refractivity contribution < 1.29 is 14.7 Å². The Labute approximate surface area is 126 Å². The fraction of sp³-hybridized carbons (Fsp3) is 0.765. The zero-order chi connectivity index (χ0) is 15.0. The lowest BCUT2D eigenvalue weighted by Gasteiger charge is -2.31. The fourth-order valence-electron chi connectivity index (χ4n) is 4.72. The van der Waals surface area contributed by atoms with Crippen molar-refractivity contribution in [1.82, 2.24) is 5.32 Å². The number of carboxylic acid groups (broad SMARTS) is 1. The lowest BCUT2D eigenvalue weighted by atomic mass is 9.81. The Morgan fingerprint density at radius 1 is 1.14 bits per heavy atom. The van der Waals surface area contributed by atoms with Crippen LogP contribution in [0.2, 0.25) is 0 Å². The second-order valence-corrected chi connectivity index (χ2v) is 7.13. The van der Waals surface area contributed by atoms with Crippen molar-refractivity contribution >= 4 is 11.9 Å². The van der Waals surface area contributed by atoms with E-state index in [-0.39, 0.29) is 11.9 Å². The summed E-state index contributed by atoms with van der Waals surface area (Å²) in [6.45, 7) is 2.09. The van der Waals surface area contributed by atoms with Crippen LogP contribution in [-0.2, 0) is 9.59 Å². The molecule has 0 radical (unpaired) electrons. The van der Waals surface area contributed by atoms with Gasteiger partial charge in [0.05, 0.1) is 11.8 Å². The molecule has 1 amide bonds. The highest BCUT2D eigenvalue weighted by Crippen LogP contribution is 2.49. The lowest BCUT2D eigenvalue weighted by Crippen LogP contribution is -2.46. The van der Waals surface area contributed by atoms with Gasteiger partial charge < -0.3 is 10.4 Å². The zero-order valence-electron chi connectivity index (χ0n) is 12.6. The van der Waals surface area contributed by atoms with Crippen LogP contribution in [0.15, 0.2) is 12.2 Å². The van der Waals surface area contributed by atoms with E-state index in [9.17, 15) is 14.7 Å². The van der Waals surface area contributed by atoms with Gasteiger partial charge in [0.15, 0.2) is 0 Å². The molecule has 0 aromatic carbocycles. The molecule has 0 unspecified atom stereocenters. The Kier molecular flexibility index (Phi) is 4.05. The highest BCUT2D eigenvalue weighted by Gasteiger charge is 2.43. The number of carbonyl (C=O) groups excluding carboxylic acids is 1. The van der Waals surface area contributed by atoms with Crippen LogP contribution in [-0.4, -0.2) is 23.0 Å². The van der Waals surface area contributed by atoms with E-state index in [0.29, 0.717) is 18.8 Å². The second-order valence-electron chi connectivity index (χ2n) is 7.13. The van der Waals surface area contributed by atoms with Crippen molar-refractivity contribution in [3.63, 3.8) is 0 Å². The van der Waals surface area contributed by atoms with Crippen molar-refractivity contribution in [2.45, 2.75) is 51.5 Å². The molecule has 3 aliphatic carbocycles. The van der Waals surface area contributed by atoms with Gasteiger partial charge in [-0.3, -0.25) is 9.59 Å². The van der Waals surface area contributed by atoms with E-state index >= 15 is 0 Å². The molecule has 2 N–H and O–H groups in total. The van der Waals surface area contributed by atoms with Gasteiger partial charge in [0.1, 0.15) is 0 Å². The Morgan fingerprint density at radius 3 is 2.43 bits per heavy atom. The summed E-state index contributed by atoms with van der Waals surface area (Å²) in [6, 6.07) is 0.174. The van der Waals surface area contributed by atoms with Crippen LogP contribution in [0.25, 0.3) is 0 Å². The third-order valence-electron chi connectivity index (χ3n) is 5.89. The number of allylic oxidation sites excluding steroid dienone is 2. The molecule has 2 fully saturated rings. The van der Waals surface area contributed by atoms with Gasteiger partial charge in [-0.2, -0.15) is 0 Å². The summed E-state index contributed by atoms with van der Waals surface area (Å²) in [4.78, 5) is 23.8. The average molecular weight is 291 g/mol. The predicted molar refractivity (Wildman–Crippen MR) is 79.5 cm³/mol. The molecule has 2 saturated carbocycles. The monoisotopic (exact) mass is 291 g/mol. The molecular weight excluding hydrogens is 266 g/mol. The minimum absolute atomic E-state index is 0.0676. The molecule has 0 heterocycles. The maximum absolute atomic E-state index is 12.5. The molecular formula is C17H25NO3. The predicted octanol–water partition coefficient (Wildman–Crippen LogP) is 2.59. The molecule has 0 spiro atoms. The van der Waals surface area contributed by atoms with Crippen LogP contribution in [0.4, 0.5) is 0 Å². The summed E-state index contributed by atoms with van der Waals surface area (Å²) < 4.78 is 0. The van der Waals surface area contributed by atoms with Crippen LogP contribution in [0.1, 0.15) is 45.4 Å². The minimum atomic E-state index is -0.855. The van der Waals surface area contributed by atoms with Gasteiger partial charge in [0.2, 0.25) is 5.91 Å².